The van der Waals surface area contributed by atoms with Crippen LogP contribution in [0.1, 0.15) is 13.8 Å². The van der Waals surface area contributed by atoms with Gasteiger partial charge in [-0.05, 0) is 37.9 Å². The van der Waals surface area contributed by atoms with Gasteiger partial charge in [0.05, 0.1) is 17.1 Å². The zero-order chi connectivity index (χ0) is 13.0. The normalized spacial score (nSPS) is 13.1. The lowest BCUT2D eigenvalue weighted by atomic mass is 10.3. The van der Waals surface area contributed by atoms with Crippen LogP contribution in [0.4, 0.5) is 0 Å². The van der Waals surface area contributed by atoms with E-state index in [1.54, 1.807) is 12.3 Å². The van der Waals surface area contributed by atoms with Gasteiger partial charge in [0.25, 0.3) is 5.56 Å². The molecular formula is C11H16Br2N2O2. The maximum Gasteiger partial charge on any atom is 0.264 e. The van der Waals surface area contributed by atoms with Crippen molar-refractivity contribution in [1.29, 1.82) is 0 Å². The van der Waals surface area contributed by atoms with Gasteiger partial charge in [0.15, 0.2) is 0 Å². The highest BCUT2D eigenvalue weighted by Crippen LogP contribution is 2.12. The monoisotopic (exact) mass is 366 g/mol. The van der Waals surface area contributed by atoms with Gasteiger partial charge in [-0.15, -0.1) is 0 Å². The average Bonchev–Trinajstić information content (AvgIpc) is 2.22. The van der Waals surface area contributed by atoms with Crippen LogP contribution < -0.4 is 10.9 Å². The SMILES string of the molecule is CC(C)NCC(O)Cn1cc(Br)cc(Br)c1=O. The van der Waals surface area contributed by atoms with Gasteiger partial charge in [0.2, 0.25) is 0 Å². The number of hydrogen-bond donors (Lipinski definition) is 2. The number of pyridine rings is 1. The minimum absolute atomic E-state index is 0.142. The van der Waals surface area contributed by atoms with E-state index in [0.29, 0.717) is 17.1 Å². The molecule has 4 nitrogen and oxygen atoms in total. The van der Waals surface area contributed by atoms with Crippen LogP contribution in [0, 0.1) is 0 Å². The Bertz CT molecular complexity index is 432. The summed E-state index contributed by atoms with van der Waals surface area (Å²) >= 11 is 6.50. The number of nitrogens with one attached hydrogen (secondary N) is 1. The summed E-state index contributed by atoms with van der Waals surface area (Å²) in [5.74, 6) is 0. The number of hydrogen-bond acceptors (Lipinski definition) is 3. The van der Waals surface area contributed by atoms with Crippen molar-refractivity contribution in [1.82, 2.24) is 9.88 Å². The zero-order valence-corrected chi connectivity index (χ0v) is 13.0. The highest BCUT2D eigenvalue weighted by atomic mass is 79.9. The Morgan fingerprint density at radius 1 is 1.47 bits per heavy atom. The summed E-state index contributed by atoms with van der Waals surface area (Å²) < 4.78 is 2.77. The number of aliphatic hydroxyl groups excluding tert-OH is 1. The molecule has 17 heavy (non-hydrogen) atoms. The van der Waals surface area contributed by atoms with Crippen LogP contribution in [0.3, 0.4) is 0 Å². The molecule has 6 heteroatoms. The van der Waals surface area contributed by atoms with Crippen molar-refractivity contribution in [2.24, 2.45) is 0 Å². The molecule has 0 aliphatic rings. The molecular weight excluding hydrogens is 352 g/mol. The Balaban J connectivity index is 2.71. The number of aromatic nitrogens is 1. The average molecular weight is 368 g/mol. The highest BCUT2D eigenvalue weighted by molar-refractivity contribution is 9.11. The second kappa shape index (κ2) is 6.68. The second-order valence-corrected chi connectivity index (χ2v) is 5.95. The first-order valence-corrected chi connectivity index (χ1v) is 6.95. The minimum atomic E-state index is -0.587. The summed E-state index contributed by atoms with van der Waals surface area (Å²) in [7, 11) is 0. The van der Waals surface area contributed by atoms with E-state index in [9.17, 15) is 9.90 Å². The Kier molecular flexibility index (Phi) is 5.85. The largest absolute Gasteiger partial charge is 0.390 e. The molecule has 1 unspecified atom stereocenters. The third-order valence-electron chi connectivity index (χ3n) is 2.18. The number of halogens is 2. The molecule has 0 saturated carbocycles. The van der Waals surface area contributed by atoms with Gasteiger partial charge in [-0.1, -0.05) is 13.8 Å². The molecule has 0 radical (unpaired) electrons. The lowest BCUT2D eigenvalue weighted by Gasteiger charge is -2.15. The van der Waals surface area contributed by atoms with Crippen molar-refractivity contribution in [2.45, 2.75) is 32.5 Å². The molecule has 1 atom stereocenters. The van der Waals surface area contributed by atoms with E-state index in [4.69, 9.17) is 0 Å². The smallest absolute Gasteiger partial charge is 0.264 e. The summed E-state index contributed by atoms with van der Waals surface area (Å²) in [5, 5.41) is 12.9. The maximum absolute atomic E-state index is 11.8. The van der Waals surface area contributed by atoms with E-state index in [1.807, 2.05) is 13.8 Å². The maximum atomic E-state index is 11.8. The van der Waals surface area contributed by atoms with Crippen molar-refractivity contribution < 1.29 is 5.11 Å². The lowest BCUT2D eigenvalue weighted by molar-refractivity contribution is 0.147. The number of nitrogens with zero attached hydrogens (tertiary/aromatic N) is 1. The summed E-state index contributed by atoms with van der Waals surface area (Å²) in [5.41, 5.74) is -0.142. The third-order valence-corrected chi connectivity index (χ3v) is 3.18. The first kappa shape index (κ1) is 14.9. The summed E-state index contributed by atoms with van der Waals surface area (Å²) in [6.07, 6.45) is 1.09. The van der Waals surface area contributed by atoms with Crippen LogP contribution in [0.15, 0.2) is 26.0 Å². The van der Waals surface area contributed by atoms with E-state index in [-0.39, 0.29) is 12.1 Å². The van der Waals surface area contributed by atoms with E-state index < -0.39 is 6.10 Å². The zero-order valence-electron chi connectivity index (χ0n) is 9.78. The highest BCUT2D eigenvalue weighted by Gasteiger charge is 2.09. The van der Waals surface area contributed by atoms with Crippen molar-refractivity contribution in [3.63, 3.8) is 0 Å². The van der Waals surface area contributed by atoms with Crippen LogP contribution in [0.2, 0.25) is 0 Å². The fourth-order valence-electron chi connectivity index (χ4n) is 1.36. The third kappa shape index (κ3) is 4.91. The quantitative estimate of drug-likeness (QED) is 0.833. The van der Waals surface area contributed by atoms with Crippen LogP contribution >= 0.6 is 31.9 Å². The van der Waals surface area contributed by atoms with Gasteiger partial charge < -0.3 is 15.0 Å². The van der Waals surface area contributed by atoms with Crippen LogP contribution in [-0.2, 0) is 6.54 Å². The van der Waals surface area contributed by atoms with E-state index in [0.717, 1.165) is 4.47 Å². The molecule has 0 aliphatic heterocycles. The molecule has 1 heterocycles. The van der Waals surface area contributed by atoms with Gasteiger partial charge in [-0.25, -0.2) is 0 Å². The van der Waals surface area contributed by atoms with Gasteiger partial charge in [0.1, 0.15) is 0 Å². The molecule has 0 aliphatic carbocycles. The van der Waals surface area contributed by atoms with Crippen molar-refractivity contribution in [2.75, 3.05) is 6.54 Å². The summed E-state index contributed by atoms with van der Waals surface area (Å²) in [6, 6.07) is 2.01. The van der Waals surface area contributed by atoms with E-state index >= 15 is 0 Å². The van der Waals surface area contributed by atoms with Gasteiger partial charge in [0, 0.05) is 23.3 Å². The van der Waals surface area contributed by atoms with E-state index in [1.165, 1.54) is 4.57 Å². The standard InChI is InChI=1S/C11H16Br2N2O2/c1-7(2)14-4-9(16)6-15-5-8(12)3-10(13)11(15)17/h3,5,7,9,14,16H,4,6H2,1-2H3. The first-order chi connectivity index (χ1) is 7.90. The molecule has 2 N–H and O–H groups in total. The Labute approximate surface area is 117 Å². The lowest BCUT2D eigenvalue weighted by Crippen LogP contribution is -2.36. The second-order valence-electron chi connectivity index (χ2n) is 4.18. The number of aliphatic hydroxyl groups is 1. The Hall–Kier alpha value is -0.170. The van der Waals surface area contributed by atoms with Crippen molar-refractivity contribution in [3.05, 3.63) is 31.6 Å². The molecule has 0 amide bonds. The molecule has 1 aromatic heterocycles. The van der Waals surface area contributed by atoms with Crippen LogP contribution in [-0.4, -0.2) is 28.4 Å². The molecule has 1 rings (SSSR count). The molecule has 1 aromatic rings. The predicted molar refractivity (Wildman–Crippen MR) is 75.2 cm³/mol. The fourth-order valence-corrected chi connectivity index (χ4v) is 2.62. The van der Waals surface area contributed by atoms with E-state index in [2.05, 4.69) is 37.2 Å². The van der Waals surface area contributed by atoms with Crippen molar-refractivity contribution in [3.8, 4) is 0 Å². The topological polar surface area (TPSA) is 54.3 Å². The molecule has 0 spiro atoms. The van der Waals surface area contributed by atoms with Crippen molar-refractivity contribution >= 4 is 31.9 Å². The molecule has 0 saturated heterocycles. The fraction of sp³-hybridized carbons (Fsp3) is 0.545. The van der Waals surface area contributed by atoms with Gasteiger partial charge in [-0.3, -0.25) is 4.79 Å². The van der Waals surface area contributed by atoms with Crippen LogP contribution in [0.25, 0.3) is 0 Å². The summed E-state index contributed by atoms with van der Waals surface area (Å²) in [6.45, 7) is 4.76. The van der Waals surface area contributed by atoms with Gasteiger partial charge >= 0.3 is 0 Å². The Morgan fingerprint density at radius 2 is 2.12 bits per heavy atom. The molecule has 0 aromatic carbocycles. The molecule has 0 bridgehead atoms. The van der Waals surface area contributed by atoms with Gasteiger partial charge in [-0.2, -0.15) is 0 Å². The molecule has 0 fully saturated rings. The molecule has 96 valence electrons. The number of rotatable bonds is 5. The first-order valence-electron chi connectivity index (χ1n) is 5.37. The Morgan fingerprint density at radius 3 is 2.71 bits per heavy atom. The van der Waals surface area contributed by atoms with Crippen LogP contribution in [0.5, 0.6) is 0 Å². The minimum Gasteiger partial charge on any atom is -0.390 e. The predicted octanol–water partition coefficient (Wildman–Crippen LogP) is 1.73. The summed E-state index contributed by atoms with van der Waals surface area (Å²) in [4.78, 5) is 11.8.